The van der Waals surface area contributed by atoms with Crippen LogP contribution in [0.3, 0.4) is 0 Å². The topological polar surface area (TPSA) is 60.9 Å². The van der Waals surface area contributed by atoms with Gasteiger partial charge in [-0.05, 0) is 25.0 Å². The van der Waals surface area contributed by atoms with Gasteiger partial charge in [-0.15, -0.1) is 0 Å². The summed E-state index contributed by atoms with van der Waals surface area (Å²) in [5.74, 6) is -5.25. The van der Waals surface area contributed by atoms with Gasteiger partial charge in [0.15, 0.2) is 0 Å². The van der Waals surface area contributed by atoms with Crippen molar-refractivity contribution in [2.45, 2.75) is 25.6 Å². The number of fused-ring (bicyclic) bond motifs is 1. The van der Waals surface area contributed by atoms with Crippen LogP contribution in [0.15, 0.2) is 24.3 Å². The molecule has 1 aromatic carbocycles. The molecule has 0 radical (unpaired) electrons. The summed E-state index contributed by atoms with van der Waals surface area (Å²) in [4.78, 5) is 26.7. The first-order chi connectivity index (χ1) is 11.7. The first-order valence-electron chi connectivity index (χ1n) is 8.10. The maximum Gasteiger partial charge on any atom is 0.393 e. The fourth-order valence-corrected chi connectivity index (χ4v) is 3.81. The van der Waals surface area contributed by atoms with Crippen LogP contribution in [0.25, 0.3) is 0 Å². The fourth-order valence-electron chi connectivity index (χ4n) is 3.81. The fraction of sp³-hybridized carbons (Fsp3) is 0.529. The van der Waals surface area contributed by atoms with Crippen LogP contribution in [0.4, 0.5) is 18.9 Å². The predicted octanol–water partition coefficient (Wildman–Crippen LogP) is 2.16. The molecule has 1 amide bonds. The van der Waals surface area contributed by atoms with E-state index in [0.29, 0.717) is 6.42 Å². The summed E-state index contributed by atoms with van der Waals surface area (Å²) in [6.07, 6.45) is -3.89. The van der Waals surface area contributed by atoms with Crippen LogP contribution < -0.4 is 4.90 Å². The Hall–Kier alpha value is -2.09. The van der Waals surface area contributed by atoms with E-state index in [9.17, 15) is 22.8 Å². The van der Waals surface area contributed by atoms with Crippen molar-refractivity contribution in [3.63, 3.8) is 0 Å². The Morgan fingerprint density at radius 1 is 1.24 bits per heavy atom. The predicted molar refractivity (Wildman–Crippen MR) is 84.2 cm³/mol. The zero-order valence-electron chi connectivity index (χ0n) is 13.7. The van der Waals surface area contributed by atoms with Crippen LogP contribution in [0, 0.1) is 11.8 Å². The van der Waals surface area contributed by atoms with E-state index in [0.717, 1.165) is 11.3 Å². The molecule has 0 aliphatic carbocycles. The molecule has 2 heterocycles. The lowest BCUT2D eigenvalue weighted by molar-refractivity contribution is -0.188. The molecule has 2 aliphatic rings. The van der Waals surface area contributed by atoms with E-state index >= 15 is 0 Å². The molecular weight excluding hydrogens is 337 g/mol. The highest BCUT2D eigenvalue weighted by Gasteiger charge is 2.52. The third-order valence-corrected chi connectivity index (χ3v) is 4.97. The molecule has 5 nitrogen and oxygen atoms in total. The molecule has 0 spiro atoms. The molecule has 25 heavy (non-hydrogen) atoms. The molecule has 1 aromatic rings. The van der Waals surface area contributed by atoms with E-state index < -0.39 is 30.5 Å². The summed E-state index contributed by atoms with van der Waals surface area (Å²) in [6.45, 7) is 0.945. The molecule has 0 saturated carbocycles. The van der Waals surface area contributed by atoms with Gasteiger partial charge in [0, 0.05) is 24.8 Å². The molecule has 8 heteroatoms. The number of rotatable bonds is 3. The standard InChI is InChI=1S/C17H19F3N2O3/c1-10-6-11-4-2-3-5-14(11)22(10)15(23)9-21-7-12(16(24)25)13(8-21)17(18,19)20/h2-5,10,12-13H,6-9H2,1H3,(H,24,25)/t10?,12-,13-/m1/s1. The van der Waals surface area contributed by atoms with Crippen LogP contribution >= 0.6 is 0 Å². The molecule has 2 aliphatic heterocycles. The van der Waals surface area contributed by atoms with E-state index in [1.807, 2.05) is 31.2 Å². The number of anilines is 1. The Bertz CT molecular complexity index is 692. The van der Waals surface area contributed by atoms with Gasteiger partial charge >= 0.3 is 12.1 Å². The van der Waals surface area contributed by atoms with Crippen molar-refractivity contribution in [1.82, 2.24) is 4.90 Å². The van der Waals surface area contributed by atoms with Gasteiger partial charge in [0.05, 0.1) is 18.4 Å². The molecule has 1 N–H and O–H groups in total. The lowest BCUT2D eigenvalue weighted by atomic mass is 9.96. The number of amides is 1. The van der Waals surface area contributed by atoms with E-state index in [-0.39, 0.29) is 25.0 Å². The van der Waals surface area contributed by atoms with Crippen molar-refractivity contribution in [2.75, 3.05) is 24.5 Å². The minimum Gasteiger partial charge on any atom is -0.481 e. The van der Waals surface area contributed by atoms with Gasteiger partial charge < -0.3 is 10.0 Å². The van der Waals surface area contributed by atoms with E-state index in [1.165, 1.54) is 4.90 Å². The second kappa shape index (κ2) is 6.33. The molecule has 1 saturated heterocycles. The van der Waals surface area contributed by atoms with E-state index in [1.54, 1.807) is 4.90 Å². The van der Waals surface area contributed by atoms with Gasteiger partial charge in [-0.25, -0.2) is 0 Å². The van der Waals surface area contributed by atoms with Crippen molar-refractivity contribution < 1.29 is 27.9 Å². The summed E-state index contributed by atoms with van der Waals surface area (Å²) < 4.78 is 39.2. The Morgan fingerprint density at radius 3 is 2.52 bits per heavy atom. The highest BCUT2D eigenvalue weighted by Crippen LogP contribution is 2.38. The molecular formula is C17H19F3N2O3. The number of carboxylic acid groups (broad SMARTS) is 1. The summed E-state index contributed by atoms with van der Waals surface area (Å²) in [7, 11) is 0. The second-order valence-electron chi connectivity index (χ2n) is 6.73. The SMILES string of the molecule is CC1Cc2ccccc2N1C(=O)CN1C[C@@H](C(F)(F)F)[C@H](C(=O)O)C1. The molecule has 0 aromatic heterocycles. The molecule has 136 valence electrons. The lowest BCUT2D eigenvalue weighted by Crippen LogP contribution is -2.43. The van der Waals surface area contributed by atoms with Crippen LogP contribution in [-0.4, -0.2) is 53.7 Å². The number of likely N-dealkylation sites (tertiary alicyclic amines) is 1. The summed E-state index contributed by atoms with van der Waals surface area (Å²) in [5.41, 5.74) is 1.81. The van der Waals surface area contributed by atoms with Gasteiger partial charge in [0.1, 0.15) is 0 Å². The lowest BCUT2D eigenvalue weighted by Gasteiger charge is -2.25. The molecule has 3 atom stereocenters. The van der Waals surface area contributed by atoms with Crippen molar-refractivity contribution in [3.8, 4) is 0 Å². The number of para-hydroxylation sites is 1. The Morgan fingerprint density at radius 2 is 1.92 bits per heavy atom. The molecule has 1 fully saturated rings. The zero-order chi connectivity index (χ0) is 18.4. The number of alkyl halides is 3. The minimum absolute atomic E-state index is 0.0683. The number of nitrogens with zero attached hydrogens (tertiary/aromatic N) is 2. The maximum atomic E-state index is 13.1. The van der Waals surface area contributed by atoms with Crippen molar-refractivity contribution >= 4 is 17.6 Å². The first kappa shape index (κ1) is 17.7. The number of aliphatic carboxylic acids is 1. The minimum atomic E-state index is -4.59. The van der Waals surface area contributed by atoms with Crippen LogP contribution in [0.1, 0.15) is 12.5 Å². The highest BCUT2D eigenvalue weighted by molar-refractivity contribution is 5.97. The van der Waals surface area contributed by atoms with Gasteiger partial charge in [-0.2, -0.15) is 13.2 Å². The maximum absolute atomic E-state index is 13.1. The smallest absolute Gasteiger partial charge is 0.393 e. The van der Waals surface area contributed by atoms with Gasteiger partial charge in [-0.3, -0.25) is 14.5 Å². The number of benzene rings is 1. The number of hydrogen-bond acceptors (Lipinski definition) is 3. The molecule has 0 bridgehead atoms. The molecule has 3 rings (SSSR count). The first-order valence-corrected chi connectivity index (χ1v) is 8.10. The number of carbonyl (C=O) groups is 2. The zero-order valence-corrected chi connectivity index (χ0v) is 13.7. The average Bonchev–Trinajstić information content (AvgIpc) is 3.07. The average molecular weight is 356 g/mol. The number of carboxylic acids is 1. The Kier molecular flexibility index (Phi) is 4.49. The van der Waals surface area contributed by atoms with Crippen LogP contribution in [0.5, 0.6) is 0 Å². The van der Waals surface area contributed by atoms with Crippen LogP contribution in [-0.2, 0) is 16.0 Å². The van der Waals surface area contributed by atoms with Crippen molar-refractivity contribution in [2.24, 2.45) is 11.8 Å². The third-order valence-electron chi connectivity index (χ3n) is 4.97. The van der Waals surface area contributed by atoms with E-state index in [4.69, 9.17) is 5.11 Å². The second-order valence-corrected chi connectivity index (χ2v) is 6.73. The van der Waals surface area contributed by atoms with Gasteiger partial charge in [-0.1, -0.05) is 18.2 Å². The van der Waals surface area contributed by atoms with E-state index in [2.05, 4.69) is 0 Å². The summed E-state index contributed by atoms with van der Waals surface area (Å²) in [6, 6.07) is 7.37. The quantitative estimate of drug-likeness (QED) is 0.902. The van der Waals surface area contributed by atoms with Gasteiger partial charge in [0.2, 0.25) is 5.91 Å². The largest absolute Gasteiger partial charge is 0.481 e. The summed E-state index contributed by atoms with van der Waals surface area (Å²) >= 11 is 0. The monoisotopic (exact) mass is 356 g/mol. The Balaban J connectivity index is 1.73. The van der Waals surface area contributed by atoms with Crippen LogP contribution in [0.2, 0.25) is 0 Å². The highest BCUT2D eigenvalue weighted by atomic mass is 19.4. The van der Waals surface area contributed by atoms with Gasteiger partial charge in [0.25, 0.3) is 0 Å². The number of hydrogen-bond donors (Lipinski definition) is 1. The molecule has 1 unspecified atom stereocenters. The Labute approximate surface area is 143 Å². The summed E-state index contributed by atoms with van der Waals surface area (Å²) in [5, 5.41) is 9.06. The number of halogens is 3. The number of carbonyl (C=O) groups excluding carboxylic acids is 1. The van der Waals surface area contributed by atoms with Crippen molar-refractivity contribution in [1.29, 1.82) is 0 Å². The van der Waals surface area contributed by atoms with Crippen molar-refractivity contribution in [3.05, 3.63) is 29.8 Å². The third kappa shape index (κ3) is 3.35. The normalized spacial score (nSPS) is 26.7.